The molecule has 26 heavy (non-hydrogen) atoms. The average Bonchev–Trinajstić information content (AvgIpc) is 2.89. The first-order valence-corrected chi connectivity index (χ1v) is 9.84. The lowest BCUT2D eigenvalue weighted by Crippen LogP contribution is -2.27. The molecule has 8 heteroatoms. The Bertz CT molecular complexity index is 1090. The van der Waals surface area contributed by atoms with Crippen LogP contribution in [0.2, 0.25) is 0 Å². The van der Waals surface area contributed by atoms with Crippen molar-refractivity contribution in [1.82, 2.24) is 14.9 Å². The van der Waals surface area contributed by atoms with Crippen LogP contribution in [-0.4, -0.2) is 36.7 Å². The van der Waals surface area contributed by atoms with E-state index < -0.39 is 15.7 Å². The molecule has 136 valence electrons. The van der Waals surface area contributed by atoms with Gasteiger partial charge in [-0.2, -0.15) is 0 Å². The molecule has 0 bridgehead atoms. The first kappa shape index (κ1) is 18.1. The van der Waals surface area contributed by atoms with Crippen molar-refractivity contribution in [3.05, 3.63) is 59.7 Å². The Morgan fingerprint density at radius 1 is 1.23 bits per heavy atom. The minimum Gasteiger partial charge on any atom is -0.352 e. The van der Waals surface area contributed by atoms with Crippen LogP contribution < -0.4 is 5.32 Å². The number of carbonyl (C=O) groups is 1. The average molecular weight is 375 g/mol. The molecule has 0 spiro atoms. The van der Waals surface area contributed by atoms with Gasteiger partial charge in [-0.05, 0) is 24.3 Å². The van der Waals surface area contributed by atoms with Gasteiger partial charge in [-0.3, -0.25) is 4.79 Å². The quantitative estimate of drug-likeness (QED) is 0.740. The van der Waals surface area contributed by atoms with E-state index >= 15 is 0 Å². The minimum atomic E-state index is -3.50. The molecule has 0 saturated carbocycles. The molecule has 6 nitrogen and oxygen atoms in total. The van der Waals surface area contributed by atoms with Crippen LogP contribution in [0.15, 0.2) is 47.4 Å². The van der Waals surface area contributed by atoms with Crippen molar-refractivity contribution in [2.45, 2.75) is 11.3 Å². The van der Waals surface area contributed by atoms with Crippen LogP contribution in [0.25, 0.3) is 11.0 Å². The second kappa shape index (κ2) is 6.87. The van der Waals surface area contributed by atoms with Gasteiger partial charge in [-0.25, -0.2) is 17.8 Å². The number of hydrogen-bond donors (Lipinski definition) is 1. The van der Waals surface area contributed by atoms with Gasteiger partial charge in [0, 0.05) is 32.3 Å². The van der Waals surface area contributed by atoms with E-state index in [0.29, 0.717) is 17.8 Å². The summed E-state index contributed by atoms with van der Waals surface area (Å²) in [4.78, 5) is 16.7. The van der Waals surface area contributed by atoms with Crippen molar-refractivity contribution in [2.75, 3.05) is 12.8 Å². The second-order valence-corrected chi connectivity index (χ2v) is 7.98. The number of sulfone groups is 1. The predicted octanol–water partition coefficient (Wildman–Crippen LogP) is 2.09. The number of amides is 1. The van der Waals surface area contributed by atoms with Crippen LogP contribution in [0.4, 0.5) is 4.39 Å². The summed E-state index contributed by atoms with van der Waals surface area (Å²) in [5.74, 6) is -0.119. The summed E-state index contributed by atoms with van der Waals surface area (Å²) in [6.45, 7) is 0.274. The Kier molecular flexibility index (Phi) is 4.78. The highest BCUT2D eigenvalue weighted by Gasteiger charge is 2.18. The molecular weight excluding hydrogens is 357 g/mol. The van der Waals surface area contributed by atoms with E-state index in [2.05, 4.69) is 10.3 Å². The number of rotatable bonds is 5. The normalized spacial score (nSPS) is 11.7. The van der Waals surface area contributed by atoms with Gasteiger partial charge >= 0.3 is 0 Å². The van der Waals surface area contributed by atoms with Crippen molar-refractivity contribution in [1.29, 1.82) is 0 Å². The Hall–Kier alpha value is -2.74. The van der Waals surface area contributed by atoms with Crippen molar-refractivity contribution in [2.24, 2.45) is 7.05 Å². The molecule has 0 aliphatic rings. The van der Waals surface area contributed by atoms with Crippen LogP contribution in [0.1, 0.15) is 16.2 Å². The second-order valence-electron chi connectivity index (χ2n) is 5.99. The van der Waals surface area contributed by atoms with Crippen LogP contribution in [0, 0.1) is 5.82 Å². The lowest BCUT2D eigenvalue weighted by atomic mass is 10.2. The van der Waals surface area contributed by atoms with Gasteiger partial charge in [0.1, 0.15) is 11.6 Å². The first-order valence-electron chi connectivity index (χ1n) is 7.95. The fraction of sp³-hybridized carbons (Fsp3) is 0.222. The van der Waals surface area contributed by atoms with Gasteiger partial charge in [0.15, 0.2) is 9.84 Å². The van der Waals surface area contributed by atoms with E-state index in [0.717, 1.165) is 11.8 Å². The zero-order valence-corrected chi connectivity index (χ0v) is 15.2. The van der Waals surface area contributed by atoms with Gasteiger partial charge < -0.3 is 9.88 Å². The summed E-state index contributed by atoms with van der Waals surface area (Å²) in [7, 11) is -1.67. The third kappa shape index (κ3) is 3.60. The van der Waals surface area contributed by atoms with Gasteiger partial charge in [0.25, 0.3) is 5.91 Å². The Morgan fingerprint density at radius 3 is 2.69 bits per heavy atom. The summed E-state index contributed by atoms with van der Waals surface area (Å²) >= 11 is 0. The largest absolute Gasteiger partial charge is 0.352 e. The monoisotopic (exact) mass is 375 g/mol. The standard InChI is InChI=1S/C18H18FN3O3S/c1-22-15-8-7-12(19)11-14(15)21-17(22)9-10-20-18(23)13-5-3-4-6-16(13)26(2,24)25/h3-8,11H,9-10H2,1-2H3,(H,20,23). The third-order valence-corrected chi connectivity index (χ3v) is 5.26. The zero-order valence-electron chi connectivity index (χ0n) is 14.4. The SMILES string of the molecule is Cn1c(CCNC(=O)c2ccccc2S(C)(=O)=O)nc2cc(F)ccc21. The molecule has 0 atom stereocenters. The minimum absolute atomic E-state index is 0.00398. The molecule has 0 fully saturated rings. The van der Waals surface area contributed by atoms with E-state index in [-0.39, 0.29) is 22.8 Å². The van der Waals surface area contributed by atoms with E-state index in [9.17, 15) is 17.6 Å². The summed E-state index contributed by atoms with van der Waals surface area (Å²) in [5, 5.41) is 2.71. The van der Waals surface area contributed by atoms with E-state index in [1.54, 1.807) is 18.2 Å². The van der Waals surface area contributed by atoms with Crippen LogP contribution in [-0.2, 0) is 23.3 Å². The summed E-state index contributed by atoms with van der Waals surface area (Å²) < 4.78 is 38.7. The topological polar surface area (TPSA) is 81.1 Å². The van der Waals surface area contributed by atoms with E-state index in [1.807, 2.05) is 11.6 Å². The molecule has 0 aliphatic heterocycles. The number of nitrogens with one attached hydrogen (secondary N) is 1. The van der Waals surface area contributed by atoms with Gasteiger partial charge in [-0.15, -0.1) is 0 Å². The van der Waals surface area contributed by atoms with Crippen LogP contribution >= 0.6 is 0 Å². The molecule has 3 rings (SSSR count). The number of hydrogen-bond acceptors (Lipinski definition) is 4. The predicted molar refractivity (Wildman–Crippen MR) is 96.3 cm³/mol. The highest BCUT2D eigenvalue weighted by atomic mass is 32.2. The molecule has 0 unspecified atom stereocenters. The molecule has 0 saturated heterocycles. The maximum atomic E-state index is 13.3. The fourth-order valence-corrected chi connectivity index (χ4v) is 3.69. The van der Waals surface area contributed by atoms with Gasteiger partial charge in [-0.1, -0.05) is 12.1 Å². The first-order chi connectivity index (χ1) is 12.3. The highest BCUT2D eigenvalue weighted by molar-refractivity contribution is 7.90. The van der Waals surface area contributed by atoms with Gasteiger partial charge in [0.2, 0.25) is 0 Å². The van der Waals surface area contributed by atoms with E-state index in [4.69, 9.17) is 0 Å². The van der Waals surface area contributed by atoms with E-state index in [1.165, 1.54) is 24.3 Å². The Balaban J connectivity index is 1.73. The Labute approximate surface area is 150 Å². The summed E-state index contributed by atoms with van der Waals surface area (Å²) in [5.41, 5.74) is 1.47. The Morgan fingerprint density at radius 2 is 1.96 bits per heavy atom. The maximum absolute atomic E-state index is 13.3. The number of imidazole rings is 1. The molecule has 3 aromatic rings. The summed E-state index contributed by atoms with van der Waals surface area (Å²) in [6.07, 6.45) is 1.50. The molecule has 0 radical (unpaired) electrons. The molecule has 2 aromatic carbocycles. The number of nitrogens with zero attached hydrogens (tertiary/aromatic N) is 2. The number of benzene rings is 2. The number of carbonyl (C=O) groups excluding carboxylic acids is 1. The number of halogens is 1. The van der Waals surface area contributed by atoms with Crippen LogP contribution in [0.5, 0.6) is 0 Å². The highest BCUT2D eigenvalue weighted by Crippen LogP contribution is 2.17. The van der Waals surface area contributed by atoms with Crippen molar-refractivity contribution >= 4 is 26.8 Å². The third-order valence-electron chi connectivity index (χ3n) is 4.10. The van der Waals surface area contributed by atoms with Crippen molar-refractivity contribution in [3.63, 3.8) is 0 Å². The fourth-order valence-electron chi connectivity index (χ4n) is 2.81. The van der Waals surface area contributed by atoms with Crippen molar-refractivity contribution < 1.29 is 17.6 Å². The maximum Gasteiger partial charge on any atom is 0.252 e. The van der Waals surface area contributed by atoms with Crippen molar-refractivity contribution in [3.8, 4) is 0 Å². The molecule has 1 heterocycles. The molecule has 1 aromatic heterocycles. The molecular formula is C18H18FN3O3S. The number of fused-ring (bicyclic) bond motifs is 1. The van der Waals surface area contributed by atoms with Gasteiger partial charge in [0.05, 0.1) is 21.5 Å². The lowest BCUT2D eigenvalue weighted by molar-refractivity contribution is 0.0950. The number of aromatic nitrogens is 2. The summed E-state index contributed by atoms with van der Waals surface area (Å²) in [6, 6.07) is 10.5. The smallest absolute Gasteiger partial charge is 0.252 e. The molecule has 0 aliphatic carbocycles. The molecule has 1 N–H and O–H groups in total. The molecule has 1 amide bonds. The zero-order chi connectivity index (χ0) is 18.9. The number of aryl methyl sites for hydroxylation is 1. The van der Waals surface area contributed by atoms with Crippen LogP contribution in [0.3, 0.4) is 0 Å². The lowest BCUT2D eigenvalue weighted by Gasteiger charge is -2.09.